The molecule has 1 aromatic rings. The summed E-state index contributed by atoms with van der Waals surface area (Å²) >= 11 is 0. The zero-order valence-corrected chi connectivity index (χ0v) is 15.8. The molecule has 4 amide bonds. The van der Waals surface area contributed by atoms with Crippen molar-refractivity contribution in [3.63, 3.8) is 0 Å². The molecule has 142 valence electrons. The highest BCUT2D eigenvalue weighted by Crippen LogP contribution is 2.42. The zero-order chi connectivity index (χ0) is 19.2. The highest BCUT2D eigenvalue weighted by Gasteiger charge is 2.56. The maximum Gasteiger partial charge on any atom is 0.325 e. The van der Waals surface area contributed by atoms with Crippen molar-refractivity contribution in [2.75, 3.05) is 19.6 Å². The van der Waals surface area contributed by atoms with E-state index in [9.17, 15) is 14.4 Å². The van der Waals surface area contributed by atoms with Crippen molar-refractivity contribution in [3.8, 4) is 0 Å². The molecule has 1 aliphatic carbocycles. The molecule has 6 heteroatoms. The van der Waals surface area contributed by atoms with E-state index < -0.39 is 11.6 Å². The molecule has 1 saturated heterocycles. The predicted molar refractivity (Wildman–Crippen MR) is 102 cm³/mol. The maximum atomic E-state index is 12.7. The molecule has 0 unspecified atom stereocenters. The quantitative estimate of drug-likeness (QED) is 0.831. The van der Waals surface area contributed by atoms with E-state index in [4.69, 9.17) is 0 Å². The first-order valence-corrected chi connectivity index (χ1v) is 9.56. The summed E-state index contributed by atoms with van der Waals surface area (Å²) in [5.41, 5.74) is 2.80. The molecule has 1 atom stereocenters. The smallest absolute Gasteiger partial charge is 0.325 e. The number of benzene rings is 1. The topological polar surface area (TPSA) is 69.7 Å². The van der Waals surface area contributed by atoms with Crippen LogP contribution in [-0.4, -0.2) is 52.8 Å². The lowest BCUT2D eigenvalue weighted by atomic mass is 9.96. The Balaban J connectivity index is 1.39. The average Bonchev–Trinajstić information content (AvgIpc) is 3.48. The first-order valence-electron chi connectivity index (χ1n) is 9.56. The number of nitrogens with zero attached hydrogens (tertiary/aromatic N) is 2. The fourth-order valence-electron chi connectivity index (χ4n) is 3.96. The molecule has 1 N–H and O–H groups in total. The first kappa shape index (κ1) is 17.8. The Morgan fingerprint density at radius 1 is 1.22 bits per heavy atom. The van der Waals surface area contributed by atoms with E-state index >= 15 is 0 Å². The summed E-state index contributed by atoms with van der Waals surface area (Å²) in [5, 5.41) is 2.79. The second kappa shape index (κ2) is 6.51. The molecule has 2 aliphatic heterocycles. The Hall–Kier alpha value is -2.63. The Kier molecular flexibility index (Phi) is 4.29. The van der Waals surface area contributed by atoms with E-state index in [0.717, 1.165) is 24.2 Å². The third-order valence-corrected chi connectivity index (χ3v) is 5.97. The Labute approximate surface area is 159 Å². The second-order valence-electron chi connectivity index (χ2n) is 7.98. The summed E-state index contributed by atoms with van der Waals surface area (Å²) in [7, 11) is 0. The van der Waals surface area contributed by atoms with E-state index in [2.05, 4.69) is 42.6 Å². The minimum Gasteiger partial charge on any atom is -0.337 e. The van der Waals surface area contributed by atoms with Gasteiger partial charge in [-0.1, -0.05) is 35.9 Å². The number of hydrogen-bond acceptors (Lipinski definition) is 3. The van der Waals surface area contributed by atoms with Gasteiger partial charge in [-0.2, -0.15) is 0 Å². The fourth-order valence-corrected chi connectivity index (χ4v) is 3.96. The molecule has 2 heterocycles. The number of rotatable bonds is 4. The van der Waals surface area contributed by atoms with Gasteiger partial charge in [0.05, 0.1) is 0 Å². The van der Waals surface area contributed by atoms with E-state index in [1.807, 2.05) is 0 Å². The minimum atomic E-state index is -0.836. The van der Waals surface area contributed by atoms with Gasteiger partial charge in [0.1, 0.15) is 12.1 Å². The van der Waals surface area contributed by atoms with Crippen molar-refractivity contribution >= 4 is 23.4 Å². The number of amides is 4. The standard InChI is InChI=1S/C21H25N3O3/c1-14-3-5-15(6-4-14)16-9-11-23(12-10-16)18(25)13-24-19(26)21(2,17-7-8-17)22-20(24)27/h3-6,9,17H,7-8,10-13H2,1-2H3,(H,22,27)/t21-/m0/s1. The van der Waals surface area contributed by atoms with Gasteiger partial charge in [0.25, 0.3) is 5.91 Å². The van der Waals surface area contributed by atoms with Crippen molar-refractivity contribution in [3.05, 3.63) is 41.5 Å². The lowest BCUT2D eigenvalue weighted by molar-refractivity contribution is -0.138. The third kappa shape index (κ3) is 3.24. The van der Waals surface area contributed by atoms with Crippen LogP contribution in [0, 0.1) is 12.8 Å². The van der Waals surface area contributed by atoms with Crippen LogP contribution in [0.1, 0.15) is 37.3 Å². The minimum absolute atomic E-state index is 0.180. The van der Waals surface area contributed by atoms with Gasteiger partial charge < -0.3 is 10.2 Å². The van der Waals surface area contributed by atoms with Gasteiger partial charge in [-0.15, -0.1) is 0 Å². The molecule has 0 radical (unpaired) electrons. The van der Waals surface area contributed by atoms with Crippen molar-refractivity contribution in [1.29, 1.82) is 0 Å². The van der Waals surface area contributed by atoms with Crippen molar-refractivity contribution in [1.82, 2.24) is 15.1 Å². The van der Waals surface area contributed by atoms with E-state index in [-0.39, 0.29) is 24.3 Å². The molecule has 6 nitrogen and oxygen atoms in total. The van der Waals surface area contributed by atoms with Gasteiger partial charge in [0.15, 0.2) is 0 Å². The van der Waals surface area contributed by atoms with Crippen LogP contribution in [0.25, 0.3) is 5.57 Å². The number of nitrogens with one attached hydrogen (secondary N) is 1. The van der Waals surface area contributed by atoms with Crippen molar-refractivity contribution in [2.45, 2.75) is 38.6 Å². The SMILES string of the molecule is Cc1ccc(C2=CCN(C(=O)CN3C(=O)N[C@@](C)(C4CC4)C3=O)CC2)cc1. The number of hydrogen-bond donors (Lipinski definition) is 1. The van der Waals surface area contributed by atoms with Gasteiger partial charge in [-0.3, -0.25) is 14.5 Å². The number of carbonyl (C=O) groups excluding carboxylic acids is 3. The Morgan fingerprint density at radius 2 is 1.93 bits per heavy atom. The largest absolute Gasteiger partial charge is 0.337 e. The normalized spacial score (nSPS) is 25.5. The second-order valence-corrected chi connectivity index (χ2v) is 7.98. The number of imide groups is 1. The van der Waals surface area contributed by atoms with Crippen LogP contribution in [0.2, 0.25) is 0 Å². The highest BCUT2D eigenvalue weighted by atomic mass is 16.2. The first-order chi connectivity index (χ1) is 12.9. The van der Waals surface area contributed by atoms with Gasteiger partial charge in [-0.05, 0) is 50.2 Å². The molecular weight excluding hydrogens is 342 g/mol. The van der Waals surface area contributed by atoms with Crippen LogP contribution in [0.5, 0.6) is 0 Å². The average molecular weight is 367 g/mol. The van der Waals surface area contributed by atoms with Crippen LogP contribution in [0.4, 0.5) is 4.79 Å². The third-order valence-electron chi connectivity index (χ3n) is 5.97. The molecule has 1 saturated carbocycles. The van der Waals surface area contributed by atoms with Crippen LogP contribution in [0.15, 0.2) is 30.3 Å². The monoisotopic (exact) mass is 367 g/mol. The molecule has 27 heavy (non-hydrogen) atoms. The van der Waals surface area contributed by atoms with Crippen molar-refractivity contribution in [2.24, 2.45) is 5.92 Å². The highest BCUT2D eigenvalue weighted by molar-refractivity contribution is 6.09. The molecule has 0 bridgehead atoms. The summed E-state index contributed by atoms with van der Waals surface area (Å²) in [6.45, 7) is 4.75. The molecular formula is C21H25N3O3. The van der Waals surface area contributed by atoms with Gasteiger partial charge in [0, 0.05) is 13.1 Å². The molecule has 0 spiro atoms. The Bertz CT molecular complexity index is 826. The van der Waals surface area contributed by atoms with Crippen LogP contribution in [-0.2, 0) is 9.59 Å². The lowest BCUT2D eigenvalue weighted by Crippen LogP contribution is -2.47. The van der Waals surface area contributed by atoms with Crippen LogP contribution < -0.4 is 5.32 Å². The molecule has 0 aromatic heterocycles. The summed E-state index contributed by atoms with van der Waals surface area (Å²) in [5.74, 6) is -0.252. The summed E-state index contributed by atoms with van der Waals surface area (Å²) in [6, 6.07) is 7.93. The summed E-state index contributed by atoms with van der Waals surface area (Å²) < 4.78 is 0. The van der Waals surface area contributed by atoms with Crippen LogP contribution >= 0.6 is 0 Å². The lowest BCUT2D eigenvalue weighted by Gasteiger charge is -2.28. The summed E-state index contributed by atoms with van der Waals surface area (Å²) in [4.78, 5) is 40.3. The van der Waals surface area contributed by atoms with E-state index in [1.165, 1.54) is 16.7 Å². The maximum absolute atomic E-state index is 12.7. The van der Waals surface area contributed by atoms with Crippen LogP contribution in [0.3, 0.4) is 0 Å². The van der Waals surface area contributed by atoms with Crippen molar-refractivity contribution < 1.29 is 14.4 Å². The van der Waals surface area contributed by atoms with Gasteiger partial charge in [-0.25, -0.2) is 4.79 Å². The van der Waals surface area contributed by atoms with Gasteiger partial charge >= 0.3 is 6.03 Å². The number of carbonyl (C=O) groups is 3. The molecule has 2 fully saturated rings. The number of aryl methyl sites for hydroxylation is 1. The molecule has 4 rings (SSSR count). The van der Waals surface area contributed by atoms with E-state index in [1.54, 1.807) is 11.8 Å². The van der Waals surface area contributed by atoms with E-state index in [0.29, 0.717) is 13.1 Å². The summed E-state index contributed by atoms with van der Waals surface area (Å²) in [6.07, 6.45) is 4.73. The molecule has 3 aliphatic rings. The number of urea groups is 1. The zero-order valence-electron chi connectivity index (χ0n) is 15.8. The Morgan fingerprint density at radius 3 is 2.52 bits per heavy atom. The fraction of sp³-hybridized carbons (Fsp3) is 0.476. The molecule has 1 aromatic carbocycles. The predicted octanol–water partition coefficient (Wildman–Crippen LogP) is 2.33. The van der Waals surface area contributed by atoms with Gasteiger partial charge in [0.2, 0.25) is 5.91 Å².